The largest absolute Gasteiger partial charge is 0.324 e. The zero-order valence-electron chi connectivity index (χ0n) is 14.3. The molecule has 3 aromatic rings. The third kappa shape index (κ3) is 4.20. The second kappa shape index (κ2) is 7.57. The average Bonchev–Trinajstić information content (AvgIpc) is 2.62. The first kappa shape index (κ1) is 16.6. The van der Waals surface area contributed by atoms with Gasteiger partial charge in [0, 0.05) is 17.1 Å². The van der Waals surface area contributed by atoms with E-state index in [0.717, 1.165) is 29.1 Å². The van der Waals surface area contributed by atoms with E-state index >= 15 is 0 Å². The van der Waals surface area contributed by atoms with Gasteiger partial charge in [0.2, 0.25) is 5.95 Å². The van der Waals surface area contributed by atoms with Gasteiger partial charge < -0.3 is 10.6 Å². The molecule has 2 aromatic carbocycles. The molecule has 5 nitrogen and oxygen atoms in total. The smallest absolute Gasteiger partial charge is 0.274 e. The molecule has 2 N–H and O–H groups in total. The van der Waals surface area contributed by atoms with Gasteiger partial charge in [-0.05, 0) is 43.2 Å². The summed E-state index contributed by atoms with van der Waals surface area (Å²) in [4.78, 5) is 21.3. The zero-order valence-corrected chi connectivity index (χ0v) is 14.3. The van der Waals surface area contributed by atoms with Crippen LogP contribution in [0.2, 0.25) is 0 Å². The average molecular weight is 332 g/mol. The lowest BCUT2D eigenvalue weighted by Gasteiger charge is -2.11. The van der Waals surface area contributed by atoms with Crippen molar-refractivity contribution in [2.45, 2.75) is 20.3 Å². The maximum Gasteiger partial charge on any atom is 0.274 e. The van der Waals surface area contributed by atoms with E-state index in [4.69, 9.17) is 0 Å². The number of carbonyl (C=O) groups excluding carboxylic acids is 1. The second-order valence-electron chi connectivity index (χ2n) is 5.67. The van der Waals surface area contributed by atoms with E-state index in [2.05, 4.69) is 27.5 Å². The lowest BCUT2D eigenvalue weighted by Crippen LogP contribution is -2.16. The minimum atomic E-state index is -0.248. The molecule has 0 saturated heterocycles. The highest BCUT2D eigenvalue weighted by Crippen LogP contribution is 2.18. The maximum atomic E-state index is 12.6. The molecule has 0 atom stereocenters. The molecule has 1 amide bonds. The third-order valence-corrected chi connectivity index (χ3v) is 3.76. The Morgan fingerprint density at radius 3 is 2.48 bits per heavy atom. The number of carbonyl (C=O) groups is 1. The van der Waals surface area contributed by atoms with E-state index in [1.165, 1.54) is 0 Å². The van der Waals surface area contributed by atoms with Gasteiger partial charge in [0.25, 0.3) is 5.91 Å². The number of amides is 1. The van der Waals surface area contributed by atoms with Crippen LogP contribution in [-0.2, 0) is 6.42 Å². The molecule has 0 aliphatic heterocycles. The molecule has 1 aromatic heterocycles. The van der Waals surface area contributed by atoms with E-state index in [1.807, 2.05) is 61.5 Å². The second-order valence-corrected chi connectivity index (χ2v) is 5.67. The summed E-state index contributed by atoms with van der Waals surface area (Å²) >= 11 is 0. The number of aryl methyl sites for hydroxylation is 2. The Hall–Kier alpha value is -3.21. The van der Waals surface area contributed by atoms with Crippen LogP contribution in [0.4, 0.5) is 17.3 Å². The fourth-order valence-electron chi connectivity index (χ4n) is 2.53. The molecule has 5 heteroatoms. The van der Waals surface area contributed by atoms with Gasteiger partial charge in [0.15, 0.2) is 0 Å². The van der Waals surface area contributed by atoms with Crippen LogP contribution in [0.3, 0.4) is 0 Å². The highest BCUT2D eigenvalue weighted by molar-refractivity contribution is 6.03. The Bertz CT molecular complexity index is 878. The van der Waals surface area contributed by atoms with Crippen molar-refractivity contribution >= 4 is 23.2 Å². The van der Waals surface area contributed by atoms with Gasteiger partial charge in [-0.1, -0.05) is 43.3 Å². The monoisotopic (exact) mass is 332 g/mol. The molecule has 0 aliphatic carbocycles. The van der Waals surface area contributed by atoms with E-state index in [-0.39, 0.29) is 5.91 Å². The first-order valence-corrected chi connectivity index (χ1v) is 8.22. The molecule has 0 spiro atoms. The zero-order chi connectivity index (χ0) is 17.6. The number of benzene rings is 2. The van der Waals surface area contributed by atoms with Crippen LogP contribution in [0.5, 0.6) is 0 Å². The normalized spacial score (nSPS) is 10.3. The summed E-state index contributed by atoms with van der Waals surface area (Å²) in [6.07, 6.45) is 0.847. The lowest BCUT2D eigenvalue weighted by atomic mass is 10.1. The molecule has 0 bridgehead atoms. The van der Waals surface area contributed by atoms with Gasteiger partial charge in [0.1, 0.15) is 5.69 Å². The number of hydrogen-bond acceptors (Lipinski definition) is 4. The maximum absolute atomic E-state index is 12.6. The molecule has 1 heterocycles. The van der Waals surface area contributed by atoms with Crippen molar-refractivity contribution < 1.29 is 4.79 Å². The van der Waals surface area contributed by atoms with Crippen LogP contribution in [0.15, 0.2) is 60.7 Å². The fourth-order valence-corrected chi connectivity index (χ4v) is 2.53. The van der Waals surface area contributed by atoms with Gasteiger partial charge in [0.05, 0.1) is 0 Å². The summed E-state index contributed by atoms with van der Waals surface area (Å²) in [5.74, 6) is 0.155. The first-order valence-electron chi connectivity index (χ1n) is 8.22. The van der Waals surface area contributed by atoms with E-state index in [0.29, 0.717) is 11.6 Å². The third-order valence-electron chi connectivity index (χ3n) is 3.76. The van der Waals surface area contributed by atoms with Crippen LogP contribution in [-0.4, -0.2) is 15.9 Å². The molecular weight excluding hydrogens is 312 g/mol. The standard InChI is InChI=1S/C20H20N4O/c1-3-15-9-7-8-12-17(15)23-19(25)18-13-14(2)21-20(24-18)22-16-10-5-4-6-11-16/h4-13H,3H2,1-2H3,(H,23,25)(H,21,22,24). The van der Waals surface area contributed by atoms with Crippen LogP contribution < -0.4 is 10.6 Å². The van der Waals surface area contributed by atoms with Crippen LogP contribution in [0, 0.1) is 6.92 Å². The van der Waals surface area contributed by atoms with Gasteiger partial charge in [-0.15, -0.1) is 0 Å². The summed E-state index contributed by atoms with van der Waals surface area (Å²) in [5, 5.41) is 6.06. The lowest BCUT2D eigenvalue weighted by molar-refractivity contribution is 0.102. The molecule has 25 heavy (non-hydrogen) atoms. The Labute approximate surface area is 147 Å². The number of aromatic nitrogens is 2. The molecule has 0 saturated carbocycles. The van der Waals surface area contributed by atoms with E-state index in [1.54, 1.807) is 6.07 Å². The summed E-state index contributed by atoms with van der Waals surface area (Å²) in [6.45, 7) is 3.90. The predicted octanol–water partition coefficient (Wildman–Crippen LogP) is 4.34. The number of para-hydroxylation sites is 2. The summed E-state index contributed by atoms with van der Waals surface area (Å²) in [5.41, 5.74) is 3.82. The van der Waals surface area contributed by atoms with Gasteiger partial charge in [-0.25, -0.2) is 9.97 Å². The predicted molar refractivity (Wildman–Crippen MR) is 100 cm³/mol. The summed E-state index contributed by atoms with van der Waals surface area (Å²) in [6, 6.07) is 19.1. The van der Waals surface area contributed by atoms with E-state index in [9.17, 15) is 4.79 Å². The van der Waals surface area contributed by atoms with Crippen LogP contribution in [0.1, 0.15) is 28.7 Å². The highest BCUT2D eigenvalue weighted by Gasteiger charge is 2.12. The number of nitrogens with one attached hydrogen (secondary N) is 2. The van der Waals surface area contributed by atoms with Crippen molar-refractivity contribution in [1.29, 1.82) is 0 Å². The minimum absolute atomic E-state index is 0.248. The van der Waals surface area contributed by atoms with Crippen molar-refractivity contribution in [2.75, 3.05) is 10.6 Å². The van der Waals surface area contributed by atoms with Crippen molar-refractivity contribution in [1.82, 2.24) is 9.97 Å². The molecule has 0 unspecified atom stereocenters. The molecule has 126 valence electrons. The molecule has 0 radical (unpaired) electrons. The fraction of sp³-hybridized carbons (Fsp3) is 0.150. The summed E-state index contributed by atoms with van der Waals surface area (Å²) in [7, 11) is 0. The van der Waals surface area contributed by atoms with Crippen molar-refractivity contribution in [3.63, 3.8) is 0 Å². The minimum Gasteiger partial charge on any atom is -0.324 e. The van der Waals surface area contributed by atoms with Gasteiger partial charge >= 0.3 is 0 Å². The van der Waals surface area contributed by atoms with Crippen LogP contribution in [0.25, 0.3) is 0 Å². The molecule has 0 aliphatic rings. The molecule has 0 fully saturated rings. The number of nitrogens with zero attached hydrogens (tertiary/aromatic N) is 2. The molecular formula is C20H20N4O. The number of hydrogen-bond donors (Lipinski definition) is 2. The van der Waals surface area contributed by atoms with Gasteiger partial charge in [-0.3, -0.25) is 4.79 Å². The number of anilines is 3. The van der Waals surface area contributed by atoms with Crippen molar-refractivity contribution in [3.8, 4) is 0 Å². The molecule has 3 rings (SSSR count). The summed E-state index contributed by atoms with van der Waals surface area (Å²) < 4.78 is 0. The quantitative estimate of drug-likeness (QED) is 0.729. The highest BCUT2D eigenvalue weighted by atomic mass is 16.1. The number of rotatable bonds is 5. The topological polar surface area (TPSA) is 66.9 Å². The van der Waals surface area contributed by atoms with E-state index < -0.39 is 0 Å². The van der Waals surface area contributed by atoms with Crippen molar-refractivity contribution in [2.24, 2.45) is 0 Å². The first-order chi connectivity index (χ1) is 12.2. The SMILES string of the molecule is CCc1ccccc1NC(=O)c1cc(C)nc(Nc2ccccc2)n1. The Morgan fingerprint density at radius 1 is 1.00 bits per heavy atom. The Kier molecular flexibility index (Phi) is 5.04. The Balaban J connectivity index is 1.83. The van der Waals surface area contributed by atoms with Crippen LogP contribution >= 0.6 is 0 Å². The van der Waals surface area contributed by atoms with Gasteiger partial charge in [-0.2, -0.15) is 0 Å². The van der Waals surface area contributed by atoms with Crippen molar-refractivity contribution in [3.05, 3.63) is 77.6 Å². The Morgan fingerprint density at radius 2 is 1.72 bits per heavy atom.